The predicted molar refractivity (Wildman–Crippen MR) is 117 cm³/mol. The molecule has 0 saturated carbocycles. The van der Waals surface area contributed by atoms with E-state index in [9.17, 15) is 4.79 Å². The van der Waals surface area contributed by atoms with Crippen LogP contribution in [0.4, 0.5) is 5.69 Å². The van der Waals surface area contributed by atoms with Crippen molar-refractivity contribution in [3.05, 3.63) is 76.4 Å². The maximum atomic E-state index is 13.2. The Balaban J connectivity index is 1.47. The van der Waals surface area contributed by atoms with Gasteiger partial charge in [-0.2, -0.15) is 9.78 Å². The number of rotatable bonds is 4. The first-order chi connectivity index (χ1) is 15.0. The average Bonchev–Trinajstić information content (AvgIpc) is 3.47. The Hall–Kier alpha value is -3.81. The van der Waals surface area contributed by atoms with Crippen molar-refractivity contribution < 1.29 is 4.79 Å². The summed E-state index contributed by atoms with van der Waals surface area (Å²) in [5, 5.41) is 19.4. The van der Waals surface area contributed by atoms with Crippen molar-refractivity contribution in [2.45, 2.75) is 40.0 Å². The highest BCUT2D eigenvalue weighted by Gasteiger charge is 2.27. The second-order valence-electron chi connectivity index (χ2n) is 7.97. The maximum Gasteiger partial charge on any atom is 0.276 e. The molecule has 0 atom stereocenters. The van der Waals surface area contributed by atoms with Crippen molar-refractivity contribution in [1.82, 2.24) is 30.0 Å². The first-order valence-corrected chi connectivity index (χ1v) is 10.4. The van der Waals surface area contributed by atoms with Gasteiger partial charge in [0.1, 0.15) is 0 Å². The molecular weight excluding hydrogens is 390 g/mol. The van der Waals surface area contributed by atoms with Gasteiger partial charge in [-0.25, -0.2) is 4.68 Å². The van der Waals surface area contributed by atoms with Gasteiger partial charge in [-0.05, 0) is 80.3 Å². The fourth-order valence-corrected chi connectivity index (χ4v) is 4.08. The van der Waals surface area contributed by atoms with Crippen molar-refractivity contribution in [2.24, 2.45) is 0 Å². The molecule has 0 bridgehead atoms. The molecule has 1 amide bonds. The number of hydrogen-bond acceptors (Lipinski definition) is 5. The number of benzene rings is 2. The van der Waals surface area contributed by atoms with Crippen LogP contribution in [0.15, 0.2) is 42.5 Å². The number of aryl methyl sites for hydroxylation is 3. The van der Waals surface area contributed by atoms with Crippen molar-refractivity contribution in [3.8, 4) is 11.4 Å². The predicted octanol–water partition coefficient (Wildman–Crippen LogP) is 3.51. The van der Waals surface area contributed by atoms with E-state index in [4.69, 9.17) is 5.10 Å². The summed E-state index contributed by atoms with van der Waals surface area (Å²) in [5.41, 5.74) is 7.36. The van der Waals surface area contributed by atoms with Gasteiger partial charge in [0.05, 0.1) is 11.4 Å². The topological polar surface area (TPSA) is 90.5 Å². The molecule has 1 aliphatic carbocycles. The molecule has 0 radical (unpaired) electrons. The van der Waals surface area contributed by atoms with Crippen LogP contribution in [-0.4, -0.2) is 35.9 Å². The summed E-state index contributed by atoms with van der Waals surface area (Å²) in [5.74, 6) is 0.480. The molecule has 8 heteroatoms. The van der Waals surface area contributed by atoms with E-state index in [1.165, 1.54) is 5.56 Å². The van der Waals surface area contributed by atoms with E-state index >= 15 is 0 Å². The lowest BCUT2D eigenvalue weighted by atomic mass is 10.1. The Kier molecular flexibility index (Phi) is 4.62. The van der Waals surface area contributed by atoms with E-state index in [1.54, 1.807) is 4.68 Å². The van der Waals surface area contributed by atoms with Gasteiger partial charge < -0.3 is 5.32 Å². The summed E-state index contributed by atoms with van der Waals surface area (Å²) in [6.45, 7) is 5.88. The molecule has 0 saturated heterocycles. The van der Waals surface area contributed by atoms with Gasteiger partial charge in [0, 0.05) is 16.9 Å². The van der Waals surface area contributed by atoms with Crippen LogP contribution in [0.3, 0.4) is 0 Å². The van der Waals surface area contributed by atoms with Gasteiger partial charge in [-0.1, -0.05) is 23.8 Å². The normalized spacial score (nSPS) is 12.7. The van der Waals surface area contributed by atoms with Gasteiger partial charge in [0.15, 0.2) is 11.5 Å². The first kappa shape index (κ1) is 19.2. The highest BCUT2D eigenvalue weighted by atomic mass is 16.2. The van der Waals surface area contributed by atoms with Gasteiger partial charge in [0.25, 0.3) is 5.91 Å². The minimum absolute atomic E-state index is 0.202. The Morgan fingerprint density at radius 1 is 1.00 bits per heavy atom. The van der Waals surface area contributed by atoms with Crippen molar-refractivity contribution in [3.63, 3.8) is 0 Å². The highest BCUT2D eigenvalue weighted by Crippen LogP contribution is 2.29. The van der Waals surface area contributed by atoms with Gasteiger partial charge >= 0.3 is 0 Å². The first-order valence-electron chi connectivity index (χ1n) is 10.4. The SMILES string of the molecule is Cc1ccc(-n2nc(C(=O)Nc3ccc(C)c(-n4nnnc4C)c3)c3c2CCC3)cc1. The van der Waals surface area contributed by atoms with Crippen LogP contribution in [-0.2, 0) is 12.8 Å². The number of tetrazole rings is 1. The van der Waals surface area contributed by atoms with Crippen molar-refractivity contribution >= 4 is 11.6 Å². The highest BCUT2D eigenvalue weighted by molar-refractivity contribution is 6.04. The molecule has 8 nitrogen and oxygen atoms in total. The van der Waals surface area contributed by atoms with Crippen LogP contribution in [0.5, 0.6) is 0 Å². The zero-order valence-corrected chi connectivity index (χ0v) is 17.8. The molecule has 156 valence electrons. The number of aromatic nitrogens is 6. The molecule has 2 aromatic heterocycles. The molecule has 5 rings (SSSR count). The molecule has 0 aliphatic heterocycles. The van der Waals surface area contributed by atoms with E-state index in [2.05, 4.69) is 39.9 Å². The summed E-state index contributed by atoms with van der Waals surface area (Å²) >= 11 is 0. The third-order valence-electron chi connectivity index (χ3n) is 5.74. The summed E-state index contributed by atoms with van der Waals surface area (Å²) in [4.78, 5) is 13.2. The fourth-order valence-electron chi connectivity index (χ4n) is 4.08. The Bertz CT molecular complexity index is 1280. The van der Waals surface area contributed by atoms with Gasteiger partial charge in [-0.15, -0.1) is 5.10 Å². The lowest BCUT2D eigenvalue weighted by Crippen LogP contribution is -2.15. The summed E-state index contributed by atoms with van der Waals surface area (Å²) in [6, 6.07) is 13.9. The molecule has 0 unspecified atom stereocenters. The number of hydrogen-bond donors (Lipinski definition) is 1. The molecule has 1 N–H and O–H groups in total. The minimum atomic E-state index is -0.202. The smallest absolute Gasteiger partial charge is 0.276 e. The van der Waals surface area contributed by atoms with Crippen LogP contribution < -0.4 is 5.32 Å². The molecule has 1 aliphatic rings. The van der Waals surface area contributed by atoms with E-state index in [1.807, 2.05) is 48.9 Å². The van der Waals surface area contributed by atoms with Crippen LogP contribution in [0, 0.1) is 20.8 Å². The molecule has 0 spiro atoms. The van der Waals surface area contributed by atoms with Crippen molar-refractivity contribution in [2.75, 3.05) is 5.32 Å². The van der Waals surface area contributed by atoms with E-state index in [0.717, 1.165) is 47.5 Å². The summed E-state index contributed by atoms with van der Waals surface area (Å²) < 4.78 is 3.58. The third kappa shape index (κ3) is 3.39. The third-order valence-corrected chi connectivity index (χ3v) is 5.74. The molecule has 0 fully saturated rings. The maximum absolute atomic E-state index is 13.2. The summed E-state index contributed by atoms with van der Waals surface area (Å²) in [6.07, 6.45) is 2.83. The quantitative estimate of drug-likeness (QED) is 0.553. The molecule has 4 aromatic rings. The minimum Gasteiger partial charge on any atom is -0.321 e. The van der Waals surface area contributed by atoms with Crippen molar-refractivity contribution in [1.29, 1.82) is 0 Å². The lowest BCUT2D eigenvalue weighted by Gasteiger charge is -2.10. The van der Waals surface area contributed by atoms with Gasteiger partial charge in [-0.3, -0.25) is 4.79 Å². The summed E-state index contributed by atoms with van der Waals surface area (Å²) in [7, 11) is 0. The van der Waals surface area contributed by atoms with E-state index < -0.39 is 0 Å². The molecule has 31 heavy (non-hydrogen) atoms. The number of nitrogens with zero attached hydrogens (tertiary/aromatic N) is 6. The fraction of sp³-hybridized carbons (Fsp3) is 0.261. The van der Waals surface area contributed by atoms with Crippen LogP contribution in [0.2, 0.25) is 0 Å². The van der Waals surface area contributed by atoms with E-state index in [-0.39, 0.29) is 5.91 Å². The van der Waals surface area contributed by atoms with Crippen LogP contribution >= 0.6 is 0 Å². The standard InChI is InChI=1S/C23H23N7O/c1-14-7-11-18(12-8-14)30-20-6-4-5-19(20)22(26-30)23(31)24-17-10-9-15(2)21(13-17)29-16(3)25-27-28-29/h7-13H,4-6H2,1-3H3,(H,24,31). The Morgan fingerprint density at radius 2 is 1.81 bits per heavy atom. The monoisotopic (exact) mass is 413 g/mol. The number of carbonyl (C=O) groups excluding carboxylic acids is 1. The molecular formula is C23H23N7O. The van der Waals surface area contributed by atoms with E-state index in [0.29, 0.717) is 17.2 Å². The lowest BCUT2D eigenvalue weighted by molar-refractivity contribution is 0.102. The zero-order valence-electron chi connectivity index (χ0n) is 17.8. The average molecular weight is 413 g/mol. The van der Waals surface area contributed by atoms with Crippen LogP contribution in [0.25, 0.3) is 11.4 Å². The molecule has 2 heterocycles. The number of nitrogens with one attached hydrogen (secondary N) is 1. The van der Waals surface area contributed by atoms with Crippen LogP contribution in [0.1, 0.15) is 45.1 Å². The zero-order chi connectivity index (χ0) is 21.5. The largest absolute Gasteiger partial charge is 0.321 e. The second kappa shape index (κ2) is 7.46. The van der Waals surface area contributed by atoms with Gasteiger partial charge in [0.2, 0.25) is 0 Å². The second-order valence-corrected chi connectivity index (χ2v) is 7.97. The number of anilines is 1. The Morgan fingerprint density at radius 3 is 2.55 bits per heavy atom. The number of amides is 1. The number of carbonyl (C=O) groups is 1. The number of fused-ring (bicyclic) bond motifs is 1. The molecule has 2 aromatic carbocycles. The Labute approximate surface area is 179 Å².